The van der Waals surface area contributed by atoms with Gasteiger partial charge in [-0.3, -0.25) is 24.3 Å². The molecular weight excluding hydrogens is 288 g/mol. The van der Waals surface area contributed by atoms with E-state index in [1.807, 2.05) is 0 Å². The van der Waals surface area contributed by atoms with E-state index in [9.17, 15) is 14.9 Å². The molecule has 22 heavy (non-hydrogen) atoms. The Hall–Kier alpha value is -2.71. The minimum absolute atomic E-state index is 0.0492. The van der Waals surface area contributed by atoms with Gasteiger partial charge in [0.15, 0.2) is 0 Å². The lowest BCUT2D eigenvalue weighted by molar-refractivity contribution is -0.386. The van der Waals surface area contributed by atoms with Crippen molar-refractivity contribution in [1.82, 2.24) is 24.9 Å². The molecule has 2 heterocycles. The number of aromatic nitrogens is 4. The zero-order chi connectivity index (χ0) is 16.4. The van der Waals surface area contributed by atoms with Crippen LogP contribution in [-0.2, 0) is 18.4 Å². The van der Waals surface area contributed by atoms with E-state index in [-0.39, 0.29) is 11.6 Å². The van der Waals surface area contributed by atoms with Crippen LogP contribution in [0.25, 0.3) is 0 Å². The summed E-state index contributed by atoms with van der Waals surface area (Å²) in [6.07, 6.45) is 3.47. The topological polar surface area (TPSA) is 108 Å². The molecular formula is C13H18N6O3. The number of carbonyl (C=O) groups is 1. The van der Waals surface area contributed by atoms with E-state index in [1.54, 1.807) is 44.9 Å². The first-order chi connectivity index (χ1) is 10.3. The second kappa shape index (κ2) is 5.96. The maximum atomic E-state index is 12.2. The number of aryl methyl sites for hydroxylation is 2. The zero-order valence-corrected chi connectivity index (χ0v) is 12.9. The van der Waals surface area contributed by atoms with Crippen LogP contribution in [0.1, 0.15) is 29.9 Å². The van der Waals surface area contributed by atoms with Crippen molar-refractivity contribution in [2.45, 2.75) is 33.4 Å². The van der Waals surface area contributed by atoms with E-state index in [1.165, 1.54) is 4.68 Å². The van der Waals surface area contributed by atoms with Crippen LogP contribution in [0.15, 0.2) is 12.4 Å². The van der Waals surface area contributed by atoms with Crippen LogP contribution < -0.4 is 5.32 Å². The van der Waals surface area contributed by atoms with Crippen LogP contribution in [0.4, 0.5) is 5.69 Å². The molecule has 0 fully saturated rings. The molecule has 0 spiro atoms. The number of carbonyl (C=O) groups excluding carboxylic acids is 1. The summed E-state index contributed by atoms with van der Waals surface area (Å²) in [6, 6.07) is -0.635. The minimum Gasteiger partial charge on any atom is -0.350 e. The van der Waals surface area contributed by atoms with Gasteiger partial charge in [0, 0.05) is 25.4 Å². The van der Waals surface area contributed by atoms with E-state index in [2.05, 4.69) is 15.5 Å². The minimum atomic E-state index is -0.635. The largest absolute Gasteiger partial charge is 0.350 e. The zero-order valence-electron chi connectivity index (χ0n) is 12.9. The predicted molar refractivity (Wildman–Crippen MR) is 78.1 cm³/mol. The summed E-state index contributed by atoms with van der Waals surface area (Å²) in [6.45, 7) is 5.14. The number of nitrogens with one attached hydrogen (secondary N) is 1. The summed E-state index contributed by atoms with van der Waals surface area (Å²) in [5.74, 6) is -0.260. The molecule has 0 saturated heterocycles. The van der Waals surface area contributed by atoms with E-state index >= 15 is 0 Å². The molecule has 0 saturated carbocycles. The van der Waals surface area contributed by atoms with Crippen LogP contribution in [0.2, 0.25) is 0 Å². The number of hydrogen-bond acceptors (Lipinski definition) is 5. The second-order valence-electron chi connectivity index (χ2n) is 5.14. The fourth-order valence-electron chi connectivity index (χ4n) is 2.31. The highest BCUT2D eigenvalue weighted by atomic mass is 16.6. The summed E-state index contributed by atoms with van der Waals surface area (Å²) >= 11 is 0. The van der Waals surface area contributed by atoms with Crippen molar-refractivity contribution < 1.29 is 9.72 Å². The van der Waals surface area contributed by atoms with Crippen molar-refractivity contribution in [2.24, 2.45) is 7.05 Å². The van der Waals surface area contributed by atoms with Gasteiger partial charge in [-0.2, -0.15) is 10.2 Å². The Kier molecular flexibility index (Phi) is 4.25. The van der Waals surface area contributed by atoms with E-state index < -0.39 is 11.0 Å². The Morgan fingerprint density at radius 1 is 1.50 bits per heavy atom. The lowest BCUT2D eigenvalue weighted by atomic mass is 10.2. The molecule has 0 aliphatic rings. The molecule has 1 amide bonds. The van der Waals surface area contributed by atoms with Crippen molar-refractivity contribution in [3.8, 4) is 0 Å². The Labute approximate surface area is 127 Å². The first kappa shape index (κ1) is 15.7. The number of nitro groups is 1. The quantitative estimate of drug-likeness (QED) is 0.655. The first-order valence-corrected chi connectivity index (χ1v) is 6.76. The molecule has 2 aromatic rings. The number of hydrogen-bond donors (Lipinski definition) is 1. The SMILES string of the molecule is Cc1nn(C(C)C(=O)NCc2cnn(C)c2)c(C)c1[N+](=O)[O-]. The van der Waals surface area contributed by atoms with Crippen LogP contribution in [0, 0.1) is 24.0 Å². The normalized spacial score (nSPS) is 12.2. The van der Waals surface area contributed by atoms with Gasteiger partial charge in [0.25, 0.3) is 0 Å². The highest BCUT2D eigenvalue weighted by Gasteiger charge is 2.26. The molecule has 1 unspecified atom stereocenters. The molecule has 9 nitrogen and oxygen atoms in total. The number of rotatable bonds is 5. The molecule has 2 rings (SSSR count). The Morgan fingerprint density at radius 3 is 2.68 bits per heavy atom. The molecule has 0 aliphatic carbocycles. The fraction of sp³-hybridized carbons (Fsp3) is 0.462. The number of nitrogens with zero attached hydrogens (tertiary/aromatic N) is 5. The molecule has 1 N–H and O–H groups in total. The van der Waals surface area contributed by atoms with Gasteiger partial charge in [-0.1, -0.05) is 0 Å². The van der Waals surface area contributed by atoms with E-state index in [0.717, 1.165) is 5.56 Å². The molecule has 118 valence electrons. The average Bonchev–Trinajstić information content (AvgIpc) is 2.98. The van der Waals surface area contributed by atoms with Gasteiger partial charge in [0.2, 0.25) is 5.91 Å². The van der Waals surface area contributed by atoms with Gasteiger partial charge in [-0.25, -0.2) is 0 Å². The van der Waals surface area contributed by atoms with Crippen LogP contribution in [0.5, 0.6) is 0 Å². The van der Waals surface area contributed by atoms with Crippen molar-refractivity contribution >= 4 is 11.6 Å². The third kappa shape index (κ3) is 2.97. The average molecular weight is 306 g/mol. The summed E-state index contributed by atoms with van der Waals surface area (Å²) in [7, 11) is 1.79. The first-order valence-electron chi connectivity index (χ1n) is 6.76. The van der Waals surface area contributed by atoms with Crippen molar-refractivity contribution in [2.75, 3.05) is 0 Å². The maximum absolute atomic E-state index is 12.2. The maximum Gasteiger partial charge on any atom is 0.312 e. The van der Waals surface area contributed by atoms with E-state index in [0.29, 0.717) is 17.9 Å². The van der Waals surface area contributed by atoms with Gasteiger partial charge < -0.3 is 5.32 Å². The second-order valence-corrected chi connectivity index (χ2v) is 5.14. The van der Waals surface area contributed by atoms with Crippen LogP contribution in [-0.4, -0.2) is 30.4 Å². The molecule has 1 atom stereocenters. The molecule has 0 aromatic carbocycles. The van der Waals surface area contributed by atoms with Crippen LogP contribution >= 0.6 is 0 Å². The Morgan fingerprint density at radius 2 is 2.18 bits per heavy atom. The summed E-state index contributed by atoms with van der Waals surface area (Å²) < 4.78 is 3.03. The predicted octanol–water partition coefficient (Wildman–Crippen LogP) is 1.02. The van der Waals surface area contributed by atoms with Crippen LogP contribution in [0.3, 0.4) is 0 Å². The summed E-state index contributed by atoms with van der Waals surface area (Å²) in [5.41, 5.74) is 1.50. The molecule has 9 heteroatoms. The number of amides is 1. The van der Waals surface area contributed by atoms with Crippen molar-refractivity contribution in [1.29, 1.82) is 0 Å². The van der Waals surface area contributed by atoms with Gasteiger partial charge in [-0.15, -0.1) is 0 Å². The smallest absolute Gasteiger partial charge is 0.312 e. The Bertz CT molecular complexity index is 717. The fourth-order valence-corrected chi connectivity index (χ4v) is 2.31. The Balaban J connectivity index is 2.10. The third-order valence-corrected chi connectivity index (χ3v) is 3.44. The van der Waals surface area contributed by atoms with Gasteiger partial charge in [-0.05, 0) is 20.8 Å². The third-order valence-electron chi connectivity index (χ3n) is 3.44. The monoisotopic (exact) mass is 306 g/mol. The van der Waals surface area contributed by atoms with E-state index in [4.69, 9.17) is 0 Å². The lowest BCUT2D eigenvalue weighted by Gasteiger charge is -2.13. The summed E-state index contributed by atoms with van der Waals surface area (Å²) in [5, 5.41) is 21.9. The van der Waals surface area contributed by atoms with Gasteiger partial charge in [0.05, 0.1) is 11.1 Å². The van der Waals surface area contributed by atoms with Crippen molar-refractivity contribution in [3.63, 3.8) is 0 Å². The lowest BCUT2D eigenvalue weighted by Crippen LogP contribution is -2.31. The highest BCUT2D eigenvalue weighted by Crippen LogP contribution is 2.24. The van der Waals surface area contributed by atoms with Gasteiger partial charge in [0.1, 0.15) is 17.4 Å². The molecule has 0 aliphatic heterocycles. The standard InChI is InChI=1S/C13H18N6O3/c1-8-12(19(21)22)9(2)18(16-8)10(3)13(20)14-5-11-6-15-17(4)7-11/h6-7,10H,5H2,1-4H3,(H,14,20). The summed E-state index contributed by atoms with van der Waals surface area (Å²) in [4.78, 5) is 22.7. The van der Waals surface area contributed by atoms with Crippen molar-refractivity contribution in [3.05, 3.63) is 39.5 Å². The molecule has 0 bridgehead atoms. The molecule has 0 radical (unpaired) electrons. The highest BCUT2D eigenvalue weighted by molar-refractivity contribution is 5.80. The van der Waals surface area contributed by atoms with Gasteiger partial charge >= 0.3 is 5.69 Å². The molecule has 2 aromatic heterocycles.